The van der Waals surface area contributed by atoms with E-state index in [1.165, 1.54) is 85.4 Å². The SMILES string of the molecule is CC(C)CCCC(C)C1CCC2C3CC=C4C[C@@H](OCCN(P(=[Se])(c5ccccc5)c5ccccc5)P(=[Se])(c5ccccc5)c5ccccc5)CC[C@]4(C)C3CC[C@]12C. The van der Waals surface area contributed by atoms with E-state index in [0.717, 1.165) is 48.5 Å². The van der Waals surface area contributed by atoms with Gasteiger partial charge >= 0.3 is 293 Å². The van der Waals surface area contributed by atoms with Gasteiger partial charge in [-0.05, 0) is 36.0 Å². The van der Waals surface area contributed by atoms with E-state index in [0.29, 0.717) is 17.4 Å². The Kier molecular flexibility index (Phi) is 13.9. The first-order chi connectivity index (χ1) is 28.5. The molecule has 4 aliphatic carbocycles. The number of fused-ring (bicyclic) bond motifs is 5. The van der Waals surface area contributed by atoms with Crippen LogP contribution in [0.3, 0.4) is 0 Å². The Morgan fingerprint density at radius 2 is 1.19 bits per heavy atom. The minimum Gasteiger partial charge on any atom is -0.0591 e. The third-order valence-electron chi connectivity index (χ3n) is 16.0. The van der Waals surface area contributed by atoms with Gasteiger partial charge in [0, 0.05) is 0 Å². The Hall–Kier alpha value is -1.56. The molecule has 4 aromatic rings. The number of hydrogen-bond donors (Lipinski definition) is 0. The fourth-order valence-electron chi connectivity index (χ4n) is 12.9. The minimum absolute atomic E-state index is 0.271. The normalized spacial score (nSPS) is 28.7. The Bertz CT molecular complexity index is 1940. The summed E-state index contributed by atoms with van der Waals surface area (Å²) in [6.45, 7) is 14.3. The molecule has 0 amide bonds. The maximum atomic E-state index is 7.18. The molecule has 3 saturated carbocycles. The first-order valence-corrected chi connectivity index (χ1v) is 30.9. The number of benzene rings is 4. The van der Waals surface area contributed by atoms with Gasteiger partial charge in [-0.25, -0.2) is 0 Å². The van der Waals surface area contributed by atoms with Crippen LogP contribution in [0.1, 0.15) is 105 Å². The first kappa shape index (κ1) is 44.1. The molecule has 0 radical (unpaired) electrons. The summed E-state index contributed by atoms with van der Waals surface area (Å²) in [7, 11) is 0. The molecule has 5 unspecified atom stereocenters. The van der Waals surface area contributed by atoms with Crippen molar-refractivity contribution in [3.8, 4) is 0 Å². The van der Waals surface area contributed by atoms with Crippen molar-refractivity contribution in [3.05, 3.63) is 133 Å². The van der Waals surface area contributed by atoms with Gasteiger partial charge in [-0.2, -0.15) is 0 Å². The second-order valence-corrected chi connectivity index (χ2v) is 31.9. The molecular formula is C53H69NOP2Se2. The van der Waals surface area contributed by atoms with Crippen LogP contribution in [0.15, 0.2) is 133 Å². The van der Waals surface area contributed by atoms with Crippen LogP contribution in [0, 0.1) is 46.3 Å². The van der Waals surface area contributed by atoms with Crippen molar-refractivity contribution in [3.63, 3.8) is 0 Å². The zero-order chi connectivity index (χ0) is 41.3. The van der Waals surface area contributed by atoms with Gasteiger partial charge in [0.05, 0.1) is 0 Å². The van der Waals surface area contributed by atoms with Crippen molar-refractivity contribution in [1.82, 2.24) is 4.44 Å². The van der Waals surface area contributed by atoms with E-state index in [4.69, 9.17) is 4.74 Å². The van der Waals surface area contributed by atoms with Gasteiger partial charge in [0.25, 0.3) is 0 Å². The third kappa shape index (κ3) is 8.48. The van der Waals surface area contributed by atoms with Crippen molar-refractivity contribution in [1.29, 1.82) is 0 Å². The summed E-state index contributed by atoms with van der Waals surface area (Å²) in [6, 6.07) is 44.9. The summed E-state index contributed by atoms with van der Waals surface area (Å²) in [4.78, 5) is 0. The van der Waals surface area contributed by atoms with Crippen molar-refractivity contribution >= 4 is 62.7 Å². The van der Waals surface area contributed by atoms with E-state index in [1.54, 1.807) is 5.57 Å². The molecule has 0 N–H and O–H groups in total. The van der Waals surface area contributed by atoms with Crippen LogP contribution < -0.4 is 21.2 Å². The van der Waals surface area contributed by atoms with Gasteiger partial charge in [0.2, 0.25) is 0 Å². The molecule has 0 spiro atoms. The van der Waals surface area contributed by atoms with Crippen molar-refractivity contribution in [2.24, 2.45) is 46.3 Å². The molecule has 0 saturated heterocycles. The van der Waals surface area contributed by atoms with Crippen LogP contribution in [0.25, 0.3) is 0 Å². The van der Waals surface area contributed by atoms with Crippen molar-refractivity contribution in [2.45, 2.75) is 111 Å². The average molecular weight is 956 g/mol. The average Bonchev–Trinajstić information content (AvgIpc) is 3.63. The molecule has 0 aliphatic heterocycles. The summed E-state index contributed by atoms with van der Waals surface area (Å²) < 4.78 is 10.0. The summed E-state index contributed by atoms with van der Waals surface area (Å²) in [5.74, 6) is 5.21. The van der Waals surface area contributed by atoms with Crippen LogP contribution in [0.4, 0.5) is 0 Å². The standard InChI is InChI=1S/C53H69NOP2Se2/c1-40(2)19-18-20-41(3)49-31-32-50-48-30-29-42-39-43(33-35-52(42,4)51(48)34-36-53(49,50)5)55-38-37-54(56(58,44-21-10-6-11-22-44)45-23-12-7-13-24-45)57(59,46-25-14-8-15-26-46)47-27-16-9-17-28-47/h6-17,21-29,40-41,43,48-51H,18-20,30-39H2,1-5H3/t41?,43-,48?,49?,50?,51?,52-,53+/m0/s1. The fraction of sp³-hybridized carbons (Fsp3) is 0.509. The summed E-state index contributed by atoms with van der Waals surface area (Å²) in [5, 5.41) is 5.41. The maximum absolute atomic E-state index is 7.18. The summed E-state index contributed by atoms with van der Waals surface area (Å²) in [5.41, 5.74) is -1.92. The van der Waals surface area contributed by atoms with Crippen LogP contribution in [-0.4, -0.2) is 53.9 Å². The quantitative estimate of drug-likeness (QED) is 0.0669. The second kappa shape index (κ2) is 18.7. The van der Waals surface area contributed by atoms with Gasteiger partial charge in [0.15, 0.2) is 0 Å². The molecule has 8 rings (SSSR count). The molecule has 8 atom stereocenters. The molecule has 59 heavy (non-hydrogen) atoms. The third-order valence-corrected chi connectivity index (χ3v) is 32.7. The topological polar surface area (TPSA) is 12.5 Å². The predicted molar refractivity (Wildman–Crippen MR) is 259 cm³/mol. The fourth-order valence-corrected chi connectivity index (χ4v) is 30.6. The summed E-state index contributed by atoms with van der Waals surface area (Å²) in [6.07, 6.45) is 17.9. The monoisotopic (exact) mass is 957 g/mol. The summed E-state index contributed by atoms with van der Waals surface area (Å²) >= 11 is 7.89. The van der Waals surface area contributed by atoms with Gasteiger partial charge in [-0.3, -0.25) is 0 Å². The molecule has 4 aromatic carbocycles. The van der Waals surface area contributed by atoms with E-state index in [-0.39, 0.29) is 6.10 Å². The number of allylic oxidation sites excluding steroid dienone is 1. The first-order valence-electron chi connectivity index (χ1n) is 23.0. The molecule has 0 bridgehead atoms. The molecule has 3 fully saturated rings. The van der Waals surface area contributed by atoms with Crippen LogP contribution in [-0.2, 0) is 4.74 Å². The molecular weight excluding hydrogens is 886 g/mol. The number of ether oxygens (including phenoxy) is 1. The zero-order valence-corrected chi connectivity index (χ0v) is 41.6. The zero-order valence-electron chi connectivity index (χ0n) is 36.4. The number of hydrogen-bond acceptors (Lipinski definition) is 2. The Labute approximate surface area is 373 Å². The van der Waals surface area contributed by atoms with E-state index < -0.39 is 11.3 Å². The van der Waals surface area contributed by atoms with E-state index in [1.807, 2.05) is 0 Å². The smallest absolute Gasteiger partial charge is 0.0591 e. The minimum atomic E-state index is -2.26. The Morgan fingerprint density at radius 1 is 0.661 bits per heavy atom. The number of rotatable bonds is 15. The Balaban J connectivity index is 1.04. The van der Waals surface area contributed by atoms with Gasteiger partial charge in [-0.1, -0.05) is 47.0 Å². The van der Waals surface area contributed by atoms with E-state index >= 15 is 0 Å². The second-order valence-electron chi connectivity index (χ2n) is 19.6. The molecule has 314 valence electrons. The van der Waals surface area contributed by atoms with Crippen LogP contribution in [0.2, 0.25) is 0 Å². The van der Waals surface area contributed by atoms with E-state index in [2.05, 4.69) is 197 Å². The molecule has 6 heteroatoms. The van der Waals surface area contributed by atoms with Crippen molar-refractivity contribution < 1.29 is 4.74 Å². The number of nitrogens with zero attached hydrogens (tertiary/aromatic N) is 1. The van der Waals surface area contributed by atoms with Crippen molar-refractivity contribution in [2.75, 3.05) is 13.2 Å². The predicted octanol–water partition coefficient (Wildman–Crippen LogP) is 12.0. The van der Waals surface area contributed by atoms with Gasteiger partial charge < -0.3 is 0 Å². The van der Waals surface area contributed by atoms with E-state index in [9.17, 15) is 0 Å². The van der Waals surface area contributed by atoms with Crippen LogP contribution in [0.5, 0.6) is 0 Å². The molecule has 4 aliphatic rings. The van der Waals surface area contributed by atoms with Gasteiger partial charge in [0.1, 0.15) is 0 Å². The molecule has 2 nitrogen and oxygen atoms in total. The molecule has 0 heterocycles. The molecule has 0 aromatic heterocycles. The Morgan fingerprint density at radius 3 is 1.69 bits per heavy atom. The van der Waals surface area contributed by atoms with Crippen LogP contribution >= 0.6 is 11.3 Å². The van der Waals surface area contributed by atoms with Gasteiger partial charge in [-0.15, -0.1) is 0 Å².